The van der Waals surface area contributed by atoms with Crippen molar-refractivity contribution in [1.29, 1.82) is 0 Å². The predicted molar refractivity (Wildman–Crippen MR) is 57.3 cm³/mol. The molecule has 0 radical (unpaired) electrons. The summed E-state index contributed by atoms with van der Waals surface area (Å²) in [5, 5.41) is 0. The largest absolute Gasteiger partial charge is 0.0651 e. The molecule has 0 spiro atoms. The van der Waals surface area contributed by atoms with Gasteiger partial charge in [0.15, 0.2) is 0 Å². The van der Waals surface area contributed by atoms with Gasteiger partial charge in [-0.25, -0.2) is 0 Å². The molecule has 0 aromatic carbocycles. The summed E-state index contributed by atoms with van der Waals surface area (Å²) < 4.78 is 0. The molecule has 12 heavy (non-hydrogen) atoms. The number of hydrogen-bond acceptors (Lipinski definition) is 0. The average molecular weight is 170 g/mol. The van der Waals surface area contributed by atoms with Gasteiger partial charge in [0, 0.05) is 0 Å². The predicted octanol–water partition coefficient (Wildman–Crippen LogP) is 4.49. The van der Waals surface area contributed by atoms with Gasteiger partial charge in [0.1, 0.15) is 0 Å². The van der Waals surface area contributed by atoms with Gasteiger partial charge in [-0.05, 0) is 17.3 Å². The van der Waals surface area contributed by atoms with E-state index in [4.69, 9.17) is 0 Å². The maximum Gasteiger partial charge on any atom is -0.0326 e. The highest BCUT2D eigenvalue weighted by Crippen LogP contribution is 2.38. The van der Waals surface area contributed by atoms with Crippen LogP contribution in [0.3, 0.4) is 0 Å². The maximum atomic E-state index is 2.41. The van der Waals surface area contributed by atoms with E-state index in [0.29, 0.717) is 5.41 Å². The lowest BCUT2D eigenvalue weighted by molar-refractivity contribution is 0.133. The molecule has 0 fully saturated rings. The molecular formula is C12H26. The molecule has 0 heteroatoms. The minimum Gasteiger partial charge on any atom is -0.0651 e. The molecule has 0 aromatic rings. The highest BCUT2D eigenvalue weighted by molar-refractivity contribution is 4.79. The normalized spacial score (nSPS) is 17.5. The van der Waals surface area contributed by atoms with Gasteiger partial charge in [0.2, 0.25) is 0 Å². The van der Waals surface area contributed by atoms with Gasteiger partial charge in [-0.2, -0.15) is 0 Å². The van der Waals surface area contributed by atoms with E-state index in [1.54, 1.807) is 0 Å². The molecule has 0 saturated heterocycles. The van der Waals surface area contributed by atoms with Crippen LogP contribution in [0, 0.1) is 17.3 Å². The monoisotopic (exact) mass is 170 g/mol. The van der Waals surface area contributed by atoms with Crippen LogP contribution in [0.2, 0.25) is 0 Å². The van der Waals surface area contributed by atoms with Gasteiger partial charge in [-0.3, -0.25) is 0 Å². The van der Waals surface area contributed by atoms with Crippen LogP contribution in [0.4, 0.5) is 0 Å². The fourth-order valence-electron chi connectivity index (χ4n) is 2.27. The Kier molecular flexibility index (Phi) is 4.89. The number of rotatable bonds is 5. The first-order valence-electron chi connectivity index (χ1n) is 5.49. The van der Waals surface area contributed by atoms with Crippen LogP contribution in [-0.2, 0) is 0 Å². The van der Waals surface area contributed by atoms with Crippen molar-refractivity contribution in [2.45, 2.75) is 60.8 Å². The lowest BCUT2D eigenvalue weighted by atomic mass is 9.69. The van der Waals surface area contributed by atoms with E-state index in [-0.39, 0.29) is 0 Å². The van der Waals surface area contributed by atoms with Crippen LogP contribution >= 0.6 is 0 Å². The summed E-state index contributed by atoms with van der Waals surface area (Å²) in [5.74, 6) is 1.78. The van der Waals surface area contributed by atoms with E-state index in [9.17, 15) is 0 Å². The van der Waals surface area contributed by atoms with E-state index >= 15 is 0 Å². The Morgan fingerprint density at radius 3 is 1.75 bits per heavy atom. The summed E-state index contributed by atoms with van der Waals surface area (Å²) in [4.78, 5) is 0. The van der Waals surface area contributed by atoms with Gasteiger partial charge in [-0.15, -0.1) is 0 Å². The zero-order chi connectivity index (χ0) is 9.78. The average Bonchev–Trinajstić information content (AvgIpc) is 2.05. The molecular weight excluding hydrogens is 144 g/mol. The first-order chi connectivity index (χ1) is 5.49. The first-order valence-corrected chi connectivity index (χ1v) is 5.49. The molecule has 0 aliphatic carbocycles. The van der Waals surface area contributed by atoms with Crippen molar-refractivity contribution < 1.29 is 0 Å². The van der Waals surface area contributed by atoms with Crippen LogP contribution in [0.1, 0.15) is 60.8 Å². The molecule has 2 atom stereocenters. The topological polar surface area (TPSA) is 0 Å². The SMILES string of the molecule is CCC(C)C(CC)C(C)(C)CC. The summed E-state index contributed by atoms with van der Waals surface area (Å²) in [7, 11) is 0. The molecule has 0 heterocycles. The van der Waals surface area contributed by atoms with Gasteiger partial charge >= 0.3 is 0 Å². The van der Waals surface area contributed by atoms with E-state index in [0.717, 1.165) is 11.8 Å². The summed E-state index contributed by atoms with van der Waals surface area (Å²) in [6.07, 6.45) is 3.95. The molecule has 0 amide bonds. The Morgan fingerprint density at radius 1 is 1.00 bits per heavy atom. The molecule has 2 unspecified atom stereocenters. The Morgan fingerprint density at radius 2 is 1.50 bits per heavy atom. The third kappa shape index (κ3) is 2.80. The van der Waals surface area contributed by atoms with E-state index in [2.05, 4.69) is 41.5 Å². The summed E-state index contributed by atoms with van der Waals surface area (Å²) in [6, 6.07) is 0. The van der Waals surface area contributed by atoms with Crippen molar-refractivity contribution >= 4 is 0 Å². The van der Waals surface area contributed by atoms with E-state index < -0.39 is 0 Å². The van der Waals surface area contributed by atoms with Crippen LogP contribution < -0.4 is 0 Å². The third-order valence-electron chi connectivity index (χ3n) is 3.69. The lowest BCUT2D eigenvalue weighted by Gasteiger charge is -2.37. The standard InChI is InChI=1S/C12H26/c1-7-10(4)11(8-2)12(5,6)9-3/h10-11H,7-9H2,1-6H3. The highest BCUT2D eigenvalue weighted by Gasteiger charge is 2.29. The second-order valence-corrected chi connectivity index (χ2v) is 4.74. The van der Waals surface area contributed by atoms with Gasteiger partial charge in [0.05, 0.1) is 0 Å². The Balaban J connectivity index is 4.32. The van der Waals surface area contributed by atoms with Gasteiger partial charge in [0.25, 0.3) is 0 Å². The van der Waals surface area contributed by atoms with Crippen molar-refractivity contribution in [1.82, 2.24) is 0 Å². The minimum atomic E-state index is 0.532. The van der Waals surface area contributed by atoms with Crippen LogP contribution in [0.15, 0.2) is 0 Å². The van der Waals surface area contributed by atoms with Crippen LogP contribution in [-0.4, -0.2) is 0 Å². The van der Waals surface area contributed by atoms with Crippen LogP contribution in [0.5, 0.6) is 0 Å². The van der Waals surface area contributed by atoms with Crippen molar-refractivity contribution in [3.05, 3.63) is 0 Å². The van der Waals surface area contributed by atoms with Crippen molar-refractivity contribution in [3.8, 4) is 0 Å². The number of hydrogen-bond donors (Lipinski definition) is 0. The Bertz CT molecular complexity index is 113. The molecule has 0 nitrogen and oxygen atoms in total. The molecule has 0 bridgehead atoms. The van der Waals surface area contributed by atoms with Gasteiger partial charge < -0.3 is 0 Å². The quantitative estimate of drug-likeness (QED) is 0.570. The molecule has 0 aromatic heterocycles. The highest BCUT2D eigenvalue weighted by atomic mass is 14.3. The Labute approximate surface area is 78.8 Å². The second kappa shape index (κ2) is 4.89. The van der Waals surface area contributed by atoms with Crippen molar-refractivity contribution in [2.75, 3.05) is 0 Å². The summed E-state index contributed by atoms with van der Waals surface area (Å²) in [5.41, 5.74) is 0.532. The van der Waals surface area contributed by atoms with Crippen molar-refractivity contribution in [2.24, 2.45) is 17.3 Å². The summed E-state index contributed by atoms with van der Waals surface area (Å²) in [6.45, 7) is 14.2. The van der Waals surface area contributed by atoms with Crippen molar-refractivity contribution in [3.63, 3.8) is 0 Å². The fraction of sp³-hybridized carbons (Fsp3) is 1.00. The lowest BCUT2D eigenvalue weighted by Crippen LogP contribution is -2.28. The third-order valence-corrected chi connectivity index (χ3v) is 3.69. The molecule has 0 N–H and O–H groups in total. The zero-order valence-electron chi connectivity index (χ0n) is 9.78. The zero-order valence-corrected chi connectivity index (χ0v) is 9.78. The second-order valence-electron chi connectivity index (χ2n) is 4.74. The maximum absolute atomic E-state index is 2.41. The molecule has 74 valence electrons. The smallest absolute Gasteiger partial charge is 0.0326 e. The summed E-state index contributed by atoms with van der Waals surface area (Å²) >= 11 is 0. The molecule has 0 rings (SSSR count). The fourth-order valence-corrected chi connectivity index (χ4v) is 2.27. The minimum absolute atomic E-state index is 0.532. The van der Waals surface area contributed by atoms with Gasteiger partial charge in [-0.1, -0.05) is 60.8 Å². The molecule has 0 aliphatic rings. The first kappa shape index (κ1) is 12.0. The van der Waals surface area contributed by atoms with Crippen LogP contribution in [0.25, 0.3) is 0 Å². The van der Waals surface area contributed by atoms with E-state index in [1.807, 2.05) is 0 Å². The molecule has 0 saturated carbocycles. The Hall–Kier alpha value is 0. The molecule has 0 aliphatic heterocycles. The van der Waals surface area contributed by atoms with E-state index in [1.165, 1.54) is 19.3 Å².